The Morgan fingerprint density at radius 3 is 2.70 bits per heavy atom. The van der Waals surface area contributed by atoms with Crippen LogP contribution < -0.4 is 21.3 Å². The molecule has 12 heteroatoms. The van der Waals surface area contributed by atoms with E-state index >= 15 is 0 Å². The third-order valence-corrected chi connectivity index (χ3v) is 6.21. The number of pyridine rings is 1. The Morgan fingerprint density at radius 2 is 1.93 bits per heavy atom. The molecule has 0 radical (unpaired) electrons. The molecule has 0 saturated heterocycles. The Labute approximate surface area is 236 Å². The van der Waals surface area contributed by atoms with Crippen LogP contribution in [-0.2, 0) is 16.1 Å². The Hall–Kier alpha value is -3.38. The maximum absolute atomic E-state index is 13.6. The van der Waals surface area contributed by atoms with E-state index in [2.05, 4.69) is 26.3 Å². The van der Waals surface area contributed by atoms with Gasteiger partial charge in [-0.25, -0.2) is 18.6 Å². The smallest absolute Gasteiger partial charge is 0.412 e. The van der Waals surface area contributed by atoms with E-state index < -0.39 is 29.4 Å². The number of carbonyl (C=O) groups excluding carboxylic acids is 2. The third-order valence-electron chi connectivity index (χ3n) is 5.79. The lowest BCUT2D eigenvalue weighted by atomic mass is 10.1. The highest BCUT2D eigenvalue weighted by atomic mass is 35.5. The van der Waals surface area contributed by atoms with Crippen LogP contribution in [0.5, 0.6) is 0 Å². The molecule has 0 aliphatic heterocycles. The maximum Gasteiger partial charge on any atom is 0.412 e. The second-order valence-electron chi connectivity index (χ2n) is 10.00. The van der Waals surface area contributed by atoms with Gasteiger partial charge in [0.2, 0.25) is 5.91 Å². The summed E-state index contributed by atoms with van der Waals surface area (Å²) < 4.78 is 32.5. The first-order chi connectivity index (χ1) is 19.0. The molecule has 0 unspecified atom stereocenters. The molecule has 5 N–H and O–H groups in total. The highest BCUT2D eigenvalue weighted by molar-refractivity contribution is 6.31. The number of ether oxygens (including phenoxy) is 1. The molecule has 3 aromatic rings. The van der Waals surface area contributed by atoms with Crippen molar-refractivity contribution in [2.45, 2.75) is 44.9 Å². The van der Waals surface area contributed by atoms with Crippen LogP contribution in [0.25, 0.3) is 10.8 Å². The minimum Gasteiger partial charge on any atom is -0.447 e. The van der Waals surface area contributed by atoms with Crippen LogP contribution >= 0.6 is 11.6 Å². The molecule has 0 bridgehead atoms. The van der Waals surface area contributed by atoms with Gasteiger partial charge in [-0.2, -0.15) is 0 Å². The number of nitrogens with one attached hydrogen (secondary N) is 4. The van der Waals surface area contributed by atoms with E-state index in [0.717, 1.165) is 5.39 Å². The van der Waals surface area contributed by atoms with Crippen molar-refractivity contribution in [2.24, 2.45) is 0 Å². The van der Waals surface area contributed by atoms with Crippen LogP contribution in [0.4, 0.5) is 19.4 Å². The fraction of sp³-hybridized carbons (Fsp3) is 0.393. The molecule has 1 aromatic heterocycles. The summed E-state index contributed by atoms with van der Waals surface area (Å²) in [6, 6.07) is 9.73. The van der Waals surface area contributed by atoms with E-state index in [0.29, 0.717) is 36.9 Å². The number of hydrogen-bond donors (Lipinski definition) is 5. The first-order valence-corrected chi connectivity index (χ1v) is 13.2. The molecule has 0 aliphatic rings. The molecule has 216 valence electrons. The largest absolute Gasteiger partial charge is 0.447 e. The van der Waals surface area contributed by atoms with Crippen molar-refractivity contribution in [1.29, 1.82) is 0 Å². The summed E-state index contributed by atoms with van der Waals surface area (Å²) in [4.78, 5) is 29.1. The standard InChI is InChI=1S/C28H34ClF2N5O4/c1-28(2,39)17-32-10-4-6-22(35-25(37)15-33-13-19-5-3-7-23(31)26(19)29)16-40-27(38)36-24-12-20-11-21(30)9-8-18(20)14-34-24/h3,5,7-9,11-12,14,22,32-33,39H,4,6,10,13,15-17H2,1-2H3,(H,35,37)(H,34,36,38)/t22-/m0/s1. The Bertz CT molecular complexity index is 1310. The predicted molar refractivity (Wildman–Crippen MR) is 150 cm³/mol. The zero-order valence-corrected chi connectivity index (χ0v) is 23.2. The zero-order chi connectivity index (χ0) is 29.1. The number of rotatable bonds is 14. The van der Waals surface area contributed by atoms with E-state index in [9.17, 15) is 23.5 Å². The van der Waals surface area contributed by atoms with E-state index in [1.807, 2.05) is 0 Å². The number of nitrogens with zero attached hydrogens (tertiary/aromatic N) is 1. The number of anilines is 1. The van der Waals surface area contributed by atoms with Gasteiger partial charge in [0.25, 0.3) is 0 Å². The molecule has 1 atom stereocenters. The lowest BCUT2D eigenvalue weighted by molar-refractivity contribution is -0.121. The molecule has 2 amide bonds. The molecule has 0 aliphatic carbocycles. The van der Waals surface area contributed by atoms with Gasteiger partial charge in [0.15, 0.2) is 0 Å². The summed E-state index contributed by atoms with van der Waals surface area (Å²) in [5.74, 6) is -1.09. The van der Waals surface area contributed by atoms with Crippen LogP contribution in [0.15, 0.2) is 48.7 Å². The monoisotopic (exact) mass is 577 g/mol. The molecular weight excluding hydrogens is 544 g/mol. The van der Waals surface area contributed by atoms with E-state index in [1.165, 1.54) is 36.5 Å². The number of fused-ring (bicyclic) bond motifs is 1. The van der Waals surface area contributed by atoms with Gasteiger partial charge in [-0.1, -0.05) is 23.7 Å². The number of hydrogen-bond acceptors (Lipinski definition) is 7. The van der Waals surface area contributed by atoms with E-state index in [1.54, 1.807) is 26.0 Å². The summed E-state index contributed by atoms with van der Waals surface area (Å²) in [5.41, 5.74) is -0.331. The predicted octanol–water partition coefficient (Wildman–Crippen LogP) is 4.13. The first kappa shape index (κ1) is 31.2. The third kappa shape index (κ3) is 10.6. The summed E-state index contributed by atoms with van der Waals surface area (Å²) in [5, 5.41) is 22.5. The topological polar surface area (TPSA) is 125 Å². The van der Waals surface area contributed by atoms with Crippen LogP contribution in [0.1, 0.15) is 32.3 Å². The van der Waals surface area contributed by atoms with Crippen molar-refractivity contribution in [1.82, 2.24) is 20.9 Å². The van der Waals surface area contributed by atoms with Gasteiger partial charge in [0, 0.05) is 24.7 Å². The minimum absolute atomic E-state index is 0.00251. The van der Waals surface area contributed by atoms with Gasteiger partial charge in [-0.05, 0) is 74.5 Å². The number of aliphatic hydroxyl groups is 1. The van der Waals surface area contributed by atoms with Crippen molar-refractivity contribution in [3.8, 4) is 0 Å². The maximum atomic E-state index is 13.6. The second kappa shape index (κ2) is 14.8. The molecule has 0 saturated carbocycles. The number of carbonyl (C=O) groups is 2. The number of aromatic nitrogens is 1. The number of halogens is 3. The summed E-state index contributed by atoms with van der Waals surface area (Å²) in [7, 11) is 0. The molecule has 40 heavy (non-hydrogen) atoms. The molecule has 0 spiro atoms. The Balaban J connectivity index is 1.51. The summed E-state index contributed by atoms with van der Waals surface area (Å²) in [6.45, 7) is 4.39. The molecular formula is C28H34ClF2N5O4. The lowest BCUT2D eigenvalue weighted by Gasteiger charge is -2.21. The fourth-order valence-electron chi connectivity index (χ4n) is 3.84. The molecule has 0 fully saturated rings. The van der Waals surface area contributed by atoms with Gasteiger partial charge in [-0.15, -0.1) is 0 Å². The summed E-state index contributed by atoms with van der Waals surface area (Å²) in [6.07, 6.45) is 1.86. The normalized spacial score (nSPS) is 12.2. The van der Waals surface area contributed by atoms with Crippen LogP contribution in [-0.4, -0.2) is 60.0 Å². The molecule has 9 nitrogen and oxygen atoms in total. The minimum atomic E-state index is -0.854. The second-order valence-corrected chi connectivity index (χ2v) is 10.4. The highest BCUT2D eigenvalue weighted by Gasteiger charge is 2.17. The molecule has 2 aromatic carbocycles. The van der Waals surface area contributed by atoms with Crippen molar-refractivity contribution in [3.05, 3.63) is 70.9 Å². The van der Waals surface area contributed by atoms with Crippen molar-refractivity contribution in [3.63, 3.8) is 0 Å². The highest BCUT2D eigenvalue weighted by Crippen LogP contribution is 2.19. The van der Waals surface area contributed by atoms with Gasteiger partial charge >= 0.3 is 6.09 Å². The lowest BCUT2D eigenvalue weighted by Crippen LogP contribution is -2.43. The average Bonchev–Trinajstić information content (AvgIpc) is 2.88. The van der Waals surface area contributed by atoms with E-state index in [-0.39, 0.29) is 36.4 Å². The number of amides is 2. The van der Waals surface area contributed by atoms with Gasteiger partial charge in [-0.3, -0.25) is 10.1 Å². The van der Waals surface area contributed by atoms with Crippen LogP contribution in [0.2, 0.25) is 5.02 Å². The van der Waals surface area contributed by atoms with Crippen LogP contribution in [0.3, 0.4) is 0 Å². The first-order valence-electron chi connectivity index (χ1n) is 12.9. The Kier molecular flexibility index (Phi) is 11.6. The van der Waals surface area contributed by atoms with Crippen LogP contribution in [0, 0.1) is 11.6 Å². The quantitative estimate of drug-likeness (QED) is 0.182. The average molecular weight is 578 g/mol. The van der Waals surface area contributed by atoms with Crippen molar-refractivity contribution < 1.29 is 28.2 Å². The SMILES string of the molecule is CC(C)(O)CNCCC[C@@H](COC(=O)Nc1cc2cc(F)ccc2cn1)NC(=O)CNCc1cccc(F)c1Cl. The van der Waals surface area contributed by atoms with Gasteiger partial charge in [0.05, 0.1) is 23.2 Å². The zero-order valence-electron chi connectivity index (χ0n) is 22.4. The van der Waals surface area contributed by atoms with Crippen molar-refractivity contribution >= 4 is 40.2 Å². The molecule has 3 rings (SSSR count). The van der Waals surface area contributed by atoms with E-state index in [4.69, 9.17) is 16.3 Å². The van der Waals surface area contributed by atoms with Crippen molar-refractivity contribution in [2.75, 3.05) is 31.6 Å². The Morgan fingerprint density at radius 1 is 1.12 bits per heavy atom. The van der Waals surface area contributed by atoms with Gasteiger partial charge < -0.3 is 25.8 Å². The number of benzene rings is 2. The van der Waals surface area contributed by atoms with Gasteiger partial charge in [0.1, 0.15) is 24.1 Å². The molecule has 1 heterocycles. The summed E-state index contributed by atoms with van der Waals surface area (Å²) >= 11 is 5.96. The fourth-order valence-corrected chi connectivity index (χ4v) is 4.03.